The van der Waals surface area contributed by atoms with E-state index in [9.17, 15) is 31.5 Å². The largest absolute Gasteiger partial charge is 0.628 e. The monoisotopic (exact) mass is 584 g/mol. The molecule has 0 radical (unpaired) electrons. The first-order valence-corrected chi connectivity index (χ1v) is 13.2. The lowest BCUT2D eigenvalue weighted by Gasteiger charge is -2.42. The molecule has 0 saturated carbocycles. The van der Waals surface area contributed by atoms with E-state index in [2.05, 4.69) is 10.6 Å². The van der Waals surface area contributed by atoms with Gasteiger partial charge in [-0.05, 0) is 42.3 Å². The van der Waals surface area contributed by atoms with E-state index in [0.29, 0.717) is 67.8 Å². The Labute approximate surface area is 233 Å². The summed E-state index contributed by atoms with van der Waals surface area (Å²) in [4.78, 5) is 2.02. The van der Waals surface area contributed by atoms with Gasteiger partial charge in [-0.3, -0.25) is 10.2 Å². The standard InChI is InChI=1S/C28H30F6N4O3/c1-17-4-2-3-5-21(17)24-14-25(37-6-8-40-9-7-37)41-26-22(15-35-16-36-26)23(38(24)39)12-18-10-19(27(29,30)31)13-20(11-18)28(32,33)34/h2-5,10-11,13-14,23,25,35-36,38H,6-9,12,15-16H2,1H3/b24-14-. The fraction of sp³-hybridized carbons (Fsp3) is 0.429. The molecule has 3 N–H and O–H groups in total. The quantitative estimate of drug-likeness (QED) is 0.378. The van der Waals surface area contributed by atoms with Crippen molar-refractivity contribution in [2.75, 3.05) is 39.5 Å². The summed E-state index contributed by atoms with van der Waals surface area (Å²) in [5.41, 5.74) is -0.961. The molecular weight excluding hydrogens is 554 g/mol. The number of morpholine rings is 1. The summed E-state index contributed by atoms with van der Waals surface area (Å²) in [7, 11) is 0. The minimum atomic E-state index is -5.00. The van der Waals surface area contributed by atoms with E-state index < -0.39 is 40.8 Å². The molecule has 0 bridgehead atoms. The molecule has 3 atom stereocenters. The number of halogens is 6. The molecule has 222 valence electrons. The SMILES string of the molecule is Cc1ccccc1/C1=C/C(N2CCOCC2)OC2=C(CNCN2)C(Cc2cc(C(F)(F)F)cc(C(F)(F)F)c2)[NH+]1[O-]. The van der Waals surface area contributed by atoms with Gasteiger partial charge >= 0.3 is 12.4 Å². The van der Waals surface area contributed by atoms with Crippen LogP contribution < -0.4 is 15.7 Å². The van der Waals surface area contributed by atoms with Gasteiger partial charge in [-0.2, -0.15) is 26.3 Å². The van der Waals surface area contributed by atoms with Gasteiger partial charge in [0.05, 0.1) is 36.6 Å². The van der Waals surface area contributed by atoms with Crippen LogP contribution in [-0.4, -0.2) is 56.7 Å². The number of hydrogen-bond acceptors (Lipinski definition) is 6. The van der Waals surface area contributed by atoms with Gasteiger partial charge in [0.15, 0.2) is 12.1 Å². The minimum absolute atomic E-state index is 0.0899. The highest BCUT2D eigenvalue weighted by Crippen LogP contribution is 2.37. The normalized spacial score (nSPS) is 25.8. The van der Waals surface area contributed by atoms with E-state index in [4.69, 9.17) is 9.47 Å². The van der Waals surface area contributed by atoms with Crippen molar-refractivity contribution in [3.63, 3.8) is 0 Å². The van der Waals surface area contributed by atoms with Crippen molar-refractivity contribution in [3.05, 3.63) is 93.0 Å². The van der Waals surface area contributed by atoms with Crippen molar-refractivity contribution in [2.24, 2.45) is 0 Å². The van der Waals surface area contributed by atoms with Crippen molar-refractivity contribution >= 4 is 5.70 Å². The smallest absolute Gasteiger partial charge is 0.416 e. The summed E-state index contributed by atoms with van der Waals surface area (Å²) in [5, 5.41) is 20.2. The number of hydrogen-bond donors (Lipinski definition) is 3. The Morgan fingerprint density at radius 2 is 1.66 bits per heavy atom. The fourth-order valence-corrected chi connectivity index (χ4v) is 5.36. The van der Waals surface area contributed by atoms with E-state index >= 15 is 0 Å². The summed E-state index contributed by atoms with van der Waals surface area (Å²) < 4.78 is 93.6. The summed E-state index contributed by atoms with van der Waals surface area (Å²) in [6.07, 6.45) is -9.34. The maximum atomic E-state index is 14.4. The lowest BCUT2D eigenvalue weighted by Crippen LogP contribution is -3.09. The Morgan fingerprint density at radius 3 is 2.29 bits per heavy atom. The van der Waals surface area contributed by atoms with Crippen LogP contribution in [0.1, 0.15) is 27.8 Å². The number of quaternary nitrogens is 1. The lowest BCUT2D eigenvalue weighted by molar-refractivity contribution is -0.793. The molecule has 41 heavy (non-hydrogen) atoms. The van der Waals surface area contributed by atoms with Gasteiger partial charge < -0.3 is 25.1 Å². The van der Waals surface area contributed by atoms with Gasteiger partial charge in [-0.15, -0.1) is 0 Å². The number of nitrogens with one attached hydrogen (secondary N) is 3. The molecule has 0 spiro atoms. The zero-order chi connectivity index (χ0) is 29.4. The third kappa shape index (κ3) is 6.54. The summed E-state index contributed by atoms with van der Waals surface area (Å²) in [6.45, 7) is 4.35. The number of alkyl halides is 6. The van der Waals surface area contributed by atoms with Gasteiger partial charge in [0.25, 0.3) is 0 Å². The third-order valence-electron chi connectivity index (χ3n) is 7.46. The van der Waals surface area contributed by atoms with Crippen LogP contribution in [0.25, 0.3) is 5.70 Å². The molecule has 13 heteroatoms. The molecule has 2 aromatic rings. The van der Waals surface area contributed by atoms with Crippen LogP contribution in [0.5, 0.6) is 0 Å². The van der Waals surface area contributed by atoms with Crippen LogP contribution in [0, 0.1) is 12.1 Å². The zero-order valence-electron chi connectivity index (χ0n) is 22.2. The van der Waals surface area contributed by atoms with E-state index in [1.165, 1.54) is 0 Å². The highest BCUT2D eigenvalue weighted by Gasteiger charge is 2.39. The molecule has 1 fully saturated rings. The second-order valence-corrected chi connectivity index (χ2v) is 10.2. The zero-order valence-corrected chi connectivity index (χ0v) is 22.2. The Kier molecular flexibility index (Phi) is 8.35. The van der Waals surface area contributed by atoms with Crippen LogP contribution in [-0.2, 0) is 28.2 Å². The molecule has 3 aliphatic rings. The van der Waals surface area contributed by atoms with Crippen molar-refractivity contribution in [2.45, 2.75) is 38.0 Å². The molecule has 1 saturated heterocycles. The highest BCUT2D eigenvalue weighted by molar-refractivity contribution is 5.62. The summed E-state index contributed by atoms with van der Waals surface area (Å²) >= 11 is 0. The average molecular weight is 585 g/mol. The maximum absolute atomic E-state index is 14.4. The number of aryl methyl sites for hydroxylation is 1. The van der Waals surface area contributed by atoms with Gasteiger partial charge in [-0.25, -0.2) is 0 Å². The first kappa shape index (κ1) is 29.4. The molecular formula is C28H30F6N4O3. The molecule has 0 amide bonds. The van der Waals surface area contributed by atoms with Crippen LogP contribution in [0.4, 0.5) is 26.3 Å². The Hall–Kier alpha value is -3.10. The molecule has 3 unspecified atom stereocenters. The molecule has 0 aromatic heterocycles. The predicted octanol–water partition coefficient (Wildman–Crippen LogP) is 3.42. The molecule has 3 heterocycles. The van der Waals surface area contributed by atoms with Crippen molar-refractivity contribution < 1.29 is 40.9 Å². The number of hydroxylamine groups is 2. The highest BCUT2D eigenvalue weighted by atomic mass is 19.4. The minimum Gasteiger partial charge on any atom is -0.628 e. The van der Waals surface area contributed by atoms with Crippen molar-refractivity contribution in [3.8, 4) is 0 Å². The van der Waals surface area contributed by atoms with Gasteiger partial charge in [0, 0.05) is 37.7 Å². The van der Waals surface area contributed by atoms with Crippen LogP contribution in [0.3, 0.4) is 0 Å². The average Bonchev–Trinajstić information content (AvgIpc) is 2.93. The van der Waals surface area contributed by atoms with E-state index in [-0.39, 0.29) is 24.6 Å². The third-order valence-corrected chi connectivity index (χ3v) is 7.46. The van der Waals surface area contributed by atoms with Crippen molar-refractivity contribution in [1.82, 2.24) is 15.5 Å². The maximum Gasteiger partial charge on any atom is 0.416 e. The molecule has 3 aliphatic heterocycles. The Bertz CT molecular complexity index is 1290. The predicted molar refractivity (Wildman–Crippen MR) is 138 cm³/mol. The summed E-state index contributed by atoms with van der Waals surface area (Å²) in [5.74, 6) is 0.293. The van der Waals surface area contributed by atoms with Gasteiger partial charge in [0.1, 0.15) is 11.7 Å². The van der Waals surface area contributed by atoms with Crippen LogP contribution in [0.15, 0.2) is 60.0 Å². The van der Waals surface area contributed by atoms with E-state index in [0.717, 1.165) is 5.56 Å². The lowest BCUT2D eigenvalue weighted by atomic mass is 9.93. The summed E-state index contributed by atoms with van der Waals surface area (Å²) in [6, 6.07) is 7.55. The number of ether oxygens (including phenoxy) is 2. The Morgan fingerprint density at radius 1 is 1.00 bits per heavy atom. The Balaban J connectivity index is 1.63. The topological polar surface area (TPSA) is 73.3 Å². The van der Waals surface area contributed by atoms with E-state index in [1.54, 1.807) is 18.2 Å². The second kappa shape index (κ2) is 11.6. The number of nitrogens with zero attached hydrogens (tertiary/aromatic N) is 1. The molecule has 5 rings (SSSR count). The number of benzene rings is 2. The van der Waals surface area contributed by atoms with Crippen LogP contribution >= 0.6 is 0 Å². The fourth-order valence-electron chi connectivity index (χ4n) is 5.36. The van der Waals surface area contributed by atoms with Gasteiger partial charge in [-0.1, -0.05) is 18.2 Å². The first-order chi connectivity index (χ1) is 19.4. The van der Waals surface area contributed by atoms with Gasteiger partial charge in [0.2, 0.25) is 0 Å². The molecule has 7 nitrogen and oxygen atoms in total. The molecule has 2 aromatic carbocycles. The van der Waals surface area contributed by atoms with E-state index in [1.807, 2.05) is 24.0 Å². The molecule has 0 aliphatic carbocycles. The van der Waals surface area contributed by atoms with Crippen LogP contribution in [0.2, 0.25) is 0 Å². The number of rotatable bonds is 4. The first-order valence-electron chi connectivity index (χ1n) is 13.2. The second-order valence-electron chi connectivity index (χ2n) is 10.2. The van der Waals surface area contributed by atoms with Crippen molar-refractivity contribution in [1.29, 1.82) is 0 Å².